The van der Waals surface area contributed by atoms with Crippen LogP contribution < -0.4 is 19.5 Å². The number of hydrogen-bond donors (Lipinski definition) is 1. The van der Waals surface area contributed by atoms with Crippen LogP contribution in [0.1, 0.15) is 37.8 Å². The Labute approximate surface area is 169 Å². The fraction of sp³-hybridized carbons (Fsp3) is 0.364. The maximum Gasteiger partial charge on any atom is 0.344 e. The smallest absolute Gasteiger partial charge is 0.344 e. The third-order valence-corrected chi connectivity index (χ3v) is 4.54. The first-order valence-electron chi connectivity index (χ1n) is 9.47. The Morgan fingerprint density at radius 1 is 1.07 bits per heavy atom. The summed E-state index contributed by atoms with van der Waals surface area (Å²) < 4.78 is 21.2. The molecule has 7 nitrogen and oxygen atoms in total. The van der Waals surface area contributed by atoms with Crippen molar-refractivity contribution in [1.82, 2.24) is 0 Å². The molecule has 0 saturated carbocycles. The summed E-state index contributed by atoms with van der Waals surface area (Å²) in [5.41, 5.74) is 2.86. The number of ether oxygens (including phenoxy) is 4. The number of nitrogens with one attached hydrogen (secondary N) is 1. The molecule has 29 heavy (non-hydrogen) atoms. The molecule has 2 aromatic carbocycles. The van der Waals surface area contributed by atoms with Gasteiger partial charge in [-0.25, -0.2) is 4.79 Å². The van der Waals surface area contributed by atoms with E-state index >= 15 is 0 Å². The lowest BCUT2D eigenvalue weighted by molar-refractivity contribution is -0.155. The molecular weight excluding hydrogens is 374 g/mol. The van der Waals surface area contributed by atoms with Crippen molar-refractivity contribution in [1.29, 1.82) is 0 Å². The predicted octanol–water partition coefficient (Wildman–Crippen LogP) is 3.80. The summed E-state index contributed by atoms with van der Waals surface area (Å²) in [6, 6.07) is 10.7. The Kier molecular flexibility index (Phi) is 6.26. The summed E-state index contributed by atoms with van der Waals surface area (Å²) in [7, 11) is 0. The molecule has 1 N–H and O–H groups in total. The first kappa shape index (κ1) is 20.5. The minimum Gasteiger partial charge on any atom is -0.482 e. The summed E-state index contributed by atoms with van der Waals surface area (Å²) in [5.74, 6) is 1.11. The third kappa shape index (κ3) is 5.19. The highest BCUT2D eigenvalue weighted by atomic mass is 16.7. The highest BCUT2D eigenvalue weighted by Crippen LogP contribution is 2.34. The standard InChI is InChI=1S/C22H25NO6/c1-13(2)18-7-6-17(9-14(18)3)26-11-21(24)29-15(4)22(25)23-16-5-8-19-20(10-16)28-12-27-19/h5-10,13,15H,11-12H2,1-4H3,(H,23,25)/t15-/m0/s1. The van der Waals surface area contributed by atoms with E-state index in [4.69, 9.17) is 18.9 Å². The van der Waals surface area contributed by atoms with Gasteiger partial charge in [0.2, 0.25) is 6.79 Å². The molecule has 1 amide bonds. The van der Waals surface area contributed by atoms with Gasteiger partial charge < -0.3 is 24.3 Å². The molecule has 7 heteroatoms. The van der Waals surface area contributed by atoms with Gasteiger partial charge in [0.05, 0.1) is 0 Å². The van der Waals surface area contributed by atoms with E-state index in [2.05, 4.69) is 19.2 Å². The summed E-state index contributed by atoms with van der Waals surface area (Å²) in [6.07, 6.45) is -0.971. The third-order valence-electron chi connectivity index (χ3n) is 4.54. The predicted molar refractivity (Wildman–Crippen MR) is 108 cm³/mol. The molecule has 0 spiro atoms. The molecule has 0 aromatic heterocycles. The molecule has 0 aliphatic carbocycles. The minimum absolute atomic E-state index is 0.153. The average molecular weight is 399 g/mol. The number of esters is 1. The lowest BCUT2D eigenvalue weighted by Crippen LogP contribution is -2.31. The van der Waals surface area contributed by atoms with E-state index in [9.17, 15) is 9.59 Å². The lowest BCUT2D eigenvalue weighted by atomic mass is 9.98. The van der Waals surface area contributed by atoms with Gasteiger partial charge in [0, 0.05) is 11.8 Å². The number of hydrogen-bond acceptors (Lipinski definition) is 6. The van der Waals surface area contributed by atoms with Crippen molar-refractivity contribution >= 4 is 17.6 Å². The second-order valence-corrected chi connectivity index (χ2v) is 7.15. The first-order valence-corrected chi connectivity index (χ1v) is 9.47. The zero-order chi connectivity index (χ0) is 21.0. The molecular formula is C22H25NO6. The van der Waals surface area contributed by atoms with Gasteiger partial charge in [0.15, 0.2) is 24.2 Å². The fourth-order valence-corrected chi connectivity index (χ4v) is 3.03. The summed E-state index contributed by atoms with van der Waals surface area (Å²) >= 11 is 0. The van der Waals surface area contributed by atoms with Gasteiger partial charge in [-0.15, -0.1) is 0 Å². The van der Waals surface area contributed by atoms with Gasteiger partial charge in [-0.05, 0) is 55.2 Å². The second kappa shape index (κ2) is 8.86. The van der Waals surface area contributed by atoms with Gasteiger partial charge >= 0.3 is 5.97 Å². The molecule has 1 aliphatic heterocycles. The normalized spacial score (nSPS) is 13.1. The van der Waals surface area contributed by atoms with Crippen LogP contribution in [0.2, 0.25) is 0 Å². The van der Waals surface area contributed by atoms with E-state index < -0.39 is 18.0 Å². The van der Waals surface area contributed by atoms with Crippen LogP contribution in [0.3, 0.4) is 0 Å². The van der Waals surface area contributed by atoms with Crippen LogP contribution in [-0.4, -0.2) is 31.4 Å². The van der Waals surface area contributed by atoms with Crippen molar-refractivity contribution in [3.05, 3.63) is 47.5 Å². The van der Waals surface area contributed by atoms with Gasteiger partial charge in [-0.1, -0.05) is 19.9 Å². The van der Waals surface area contributed by atoms with Gasteiger partial charge in [0.25, 0.3) is 5.91 Å². The van der Waals surface area contributed by atoms with E-state index in [-0.39, 0.29) is 13.4 Å². The Morgan fingerprint density at radius 2 is 1.83 bits per heavy atom. The van der Waals surface area contributed by atoms with Crippen LogP contribution in [0.25, 0.3) is 0 Å². The molecule has 0 saturated heterocycles. The van der Waals surface area contributed by atoms with E-state index in [1.54, 1.807) is 18.2 Å². The fourth-order valence-electron chi connectivity index (χ4n) is 3.03. The van der Waals surface area contributed by atoms with Crippen LogP contribution >= 0.6 is 0 Å². The minimum atomic E-state index is -0.971. The van der Waals surface area contributed by atoms with Crippen molar-refractivity contribution in [2.75, 3.05) is 18.7 Å². The van der Waals surface area contributed by atoms with E-state index in [0.29, 0.717) is 28.9 Å². The number of carbonyl (C=O) groups is 2. The topological polar surface area (TPSA) is 83.1 Å². The van der Waals surface area contributed by atoms with E-state index in [1.807, 2.05) is 25.1 Å². The number of fused-ring (bicyclic) bond motifs is 1. The lowest BCUT2D eigenvalue weighted by Gasteiger charge is -2.15. The summed E-state index contributed by atoms with van der Waals surface area (Å²) in [6.45, 7) is 7.62. The molecule has 1 atom stereocenters. The van der Waals surface area contributed by atoms with Crippen LogP contribution in [0.4, 0.5) is 5.69 Å². The molecule has 0 fully saturated rings. The Balaban J connectivity index is 1.48. The zero-order valence-corrected chi connectivity index (χ0v) is 17.0. The number of aryl methyl sites for hydroxylation is 1. The summed E-state index contributed by atoms with van der Waals surface area (Å²) in [4.78, 5) is 24.3. The quantitative estimate of drug-likeness (QED) is 0.713. The van der Waals surface area contributed by atoms with Crippen molar-refractivity contribution in [3.8, 4) is 17.2 Å². The van der Waals surface area contributed by atoms with E-state index in [1.165, 1.54) is 12.5 Å². The average Bonchev–Trinajstić information content (AvgIpc) is 3.14. The monoisotopic (exact) mass is 399 g/mol. The van der Waals surface area contributed by atoms with Crippen molar-refractivity contribution < 1.29 is 28.5 Å². The number of benzene rings is 2. The zero-order valence-electron chi connectivity index (χ0n) is 17.0. The molecule has 1 aliphatic rings. The number of rotatable bonds is 7. The first-order chi connectivity index (χ1) is 13.8. The van der Waals surface area contributed by atoms with Crippen LogP contribution in [-0.2, 0) is 14.3 Å². The Morgan fingerprint density at radius 3 is 2.55 bits per heavy atom. The highest BCUT2D eigenvalue weighted by Gasteiger charge is 2.20. The number of carbonyl (C=O) groups excluding carboxylic acids is 2. The molecule has 0 unspecified atom stereocenters. The molecule has 2 aromatic rings. The Bertz CT molecular complexity index is 908. The van der Waals surface area contributed by atoms with Crippen LogP contribution in [0.15, 0.2) is 36.4 Å². The van der Waals surface area contributed by atoms with Gasteiger partial charge in [-0.2, -0.15) is 0 Å². The maximum absolute atomic E-state index is 12.3. The summed E-state index contributed by atoms with van der Waals surface area (Å²) in [5, 5.41) is 2.68. The van der Waals surface area contributed by atoms with Crippen LogP contribution in [0, 0.1) is 6.92 Å². The van der Waals surface area contributed by atoms with Crippen LogP contribution in [0.5, 0.6) is 17.2 Å². The largest absolute Gasteiger partial charge is 0.482 e. The second-order valence-electron chi connectivity index (χ2n) is 7.15. The SMILES string of the molecule is Cc1cc(OCC(=O)O[C@@H](C)C(=O)Nc2ccc3c(c2)OCO3)ccc1C(C)C. The van der Waals surface area contributed by atoms with E-state index in [0.717, 1.165) is 5.56 Å². The molecule has 0 bridgehead atoms. The molecule has 1 heterocycles. The molecule has 154 valence electrons. The highest BCUT2D eigenvalue weighted by molar-refractivity contribution is 5.95. The van der Waals surface area contributed by atoms with Crippen molar-refractivity contribution in [3.63, 3.8) is 0 Å². The molecule has 3 rings (SSSR count). The van der Waals surface area contributed by atoms with Crippen molar-refractivity contribution in [2.45, 2.75) is 39.7 Å². The number of amides is 1. The van der Waals surface area contributed by atoms with Crippen molar-refractivity contribution in [2.24, 2.45) is 0 Å². The number of anilines is 1. The van der Waals surface area contributed by atoms with Gasteiger partial charge in [0.1, 0.15) is 5.75 Å². The molecule has 0 radical (unpaired) electrons. The van der Waals surface area contributed by atoms with Gasteiger partial charge in [-0.3, -0.25) is 4.79 Å². The maximum atomic E-state index is 12.3. The Hall–Kier alpha value is -3.22.